The third-order valence-electron chi connectivity index (χ3n) is 4.58. The normalized spacial score (nSPS) is 11.0. The van der Waals surface area contributed by atoms with E-state index in [-0.39, 0.29) is 11.7 Å². The summed E-state index contributed by atoms with van der Waals surface area (Å²) < 4.78 is 7.76. The molecular weight excluding hydrogens is 430 g/mol. The molecule has 7 nitrogen and oxygen atoms in total. The Bertz CT molecular complexity index is 1140. The molecule has 0 N–H and O–H groups in total. The van der Waals surface area contributed by atoms with Gasteiger partial charge in [0.15, 0.2) is 5.16 Å². The molecule has 0 aliphatic rings. The molecule has 0 radical (unpaired) electrons. The van der Waals surface area contributed by atoms with Gasteiger partial charge >= 0.3 is 0 Å². The molecule has 160 valence electrons. The lowest BCUT2D eigenvalue weighted by Gasteiger charge is -2.20. The van der Waals surface area contributed by atoms with E-state index in [4.69, 9.17) is 4.42 Å². The minimum Gasteiger partial charge on any atom is -0.418 e. The van der Waals surface area contributed by atoms with Crippen LogP contribution in [-0.4, -0.2) is 42.9 Å². The maximum atomic E-state index is 13.0. The molecule has 0 bridgehead atoms. The molecule has 4 rings (SSSR count). The third kappa shape index (κ3) is 5.23. The van der Waals surface area contributed by atoms with Crippen LogP contribution in [0.5, 0.6) is 0 Å². The number of nitrogens with zero attached hydrogens (tertiary/aromatic N) is 5. The minimum atomic E-state index is 0.0153. The molecule has 3 heterocycles. The van der Waals surface area contributed by atoms with Crippen molar-refractivity contribution in [2.24, 2.45) is 0 Å². The molecule has 0 atom stereocenters. The molecule has 0 saturated heterocycles. The average molecular weight is 454 g/mol. The quantitative estimate of drug-likeness (QED) is 0.338. The summed E-state index contributed by atoms with van der Waals surface area (Å²) in [7, 11) is 0. The third-order valence-corrected chi connectivity index (χ3v) is 6.39. The number of amides is 1. The zero-order chi connectivity index (χ0) is 21.6. The molecule has 0 spiro atoms. The minimum absolute atomic E-state index is 0.0153. The van der Waals surface area contributed by atoms with Crippen molar-refractivity contribution in [3.8, 4) is 16.5 Å². The first kappa shape index (κ1) is 21.3. The first-order chi connectivity index (χ1) is 15.1. The maximum Gasteiger partial charge on any atom is 0.257 e. The van der Waals surface area contributed by atoms with Crippen molar-refractivity contribution < 1.29 is 9.21 Å². The van der Waals surface area contributed by atoms with Gasteiger partial charge in [-0.1, -0.05) is 36.9 Å². The van der Waals surface area contributed by atoms with Gasteiger partial charge in [-0.3, -0.25) is 9.36 Å². The molecule has 0 saturated carbocycles. The monoisotopic (exact) mass is 453 g/mol. The number of thiophene rings is 1. The van der Waals surface area contributed by atoms with E-state index in [0.717, 1.165) is 22.1 Å². The van der Waals surface area contributed by atoms with Gasteiger partial charge in [0.05, 0.1) is 17.2 Å². The van der Waals surface area contributed by atoms with Gasteiger partial charge in [0, 0.05) is 24.6 Å². The number of hydrogen-bond acceptors (Lipinski definition) is 7. The van der Waals surface area contributed by atoms with E-state index < -0.39 is 0 Å². The number of benzene rings is 1. The van der Waals surface area contributed by atoms with Gasteiger partial charge in [0.1, 0.15) is 0 Å². The number of rotatable bonds is 9. The summed E-state index contributed by atoms with van der Waals surface area (Å²) in [4.78, 5) is 20.1. The van der Waals surface area contributed by atoms with Gasteiger partial charge in [0.25, 0.3) is 5.89 Å². The van der Waals surface area contributed by atoms with Crippen LogP contribution in [-0.2, 0) is 11.3 Å². The molecule has 31 heavy (non-hydrogen) atoms. The predicted molar refractivity (Wildman–Crippen MR) is 122 cm³/mol. The molecule has 0 fully saturated rings. The maximum absolute atomic E-state index is 13.0. The SMILES string of the molecule is CCCN(Cc1nnc(-c2cccs2)o1)C(=O)CSc1nccn1-c1cccc(C)c1. The van der Waals surface area contributed by atoms with Gasteiger partial charge in [0.2, 0.25) is 11.8 Å². The first-order valence-electron chi connectivity index (χ1n) is 10.0. The summed E-state index contributed by atoms with van der Waals surface area (Å²) in [5, 5.41) is 11.0. The highest BCUT2D eigenvalue weighted by molar-refractivity contribution is 7.99. The fraction of sp³-hybridized carbons (Fsp3) is 0.273. The number of thioether (sulfide) groups is 1. The Balaban J connectivity index is 1.41. The summed E-state index contributed by atoms with van der Waals surface area (Å²) in [5.74, 6) is 1.23. The summed E-state index contributed by atoms with van der Waals surface area (Å²) in [6.07, 6.45) is 4.51. The van der Waals surface area contributed by atoms with Gasteiger partial charge in [-0.2, -0.15) is 0 Å². The van der Waals surface area contributed by atoms with Crippen molar-refractivity contribution in [1.82, 2.24) is 24.6 Å². The van der Waals surface area contributed by atoms with Crippen LogP contribution in [0.3, 0.4) is 0 Å². The Hall–Kier alpha value is -2.91. The molecular formula is C22H23N5O2S2. The smallest absolute Gasteiger partial charge is 0.257 e. The van der Waals surface area contributed by atoms with Crippen LogP contribution in [0.2, 0.25) is 0 Å². The second-order valence-electron chi connectivity index (χ2n) is 7.00. The fourth-order valence-electron chi connectivity index (χ4n) is 3.13. The van der Waals surface area contributed by atoms with E-state index in [0.29, 0.717) is 24.9 Å². The molecule has 9 heteroatoms. The Labute approximate surface area is 189 Å². The Morgan fingerprint density at radius 1 is 1.26 bits per heavy atom. The van der Waals surface area contributed by atoms with Crippen LogP contribution in [0.1, 0.15) is 24.8 Å². The van der Waals surface area contributed by atoms with Crippen LogP contribution < -0.4 is 0 Å². The van der Waals surface area contributed by atoms with E-state index in [2.05, 4.69) is 34.2 Å². The lowest BCUT2D eigenvalue weighted by molar-refractivity contribution is -0.129. The summed E-state index contributed by atoms with van der Waals surface area (Å²) >= 11 is 2.97. The van der Waals surface area contributed by atoms with Gasteiger partial charge in [-0.15, -0.1) is 21.5 Å². The number of aromatic nitrogens is 4. The van der Waals surface area contributed by atoms with Crippen LogP contribution >= 0.6 is 23.1 Å². The number of hydrogen-bond donors (Lipinski definition) is 0. The van der Waals surface area contributed by atoms with E-state index in [1.54, 1.807) is 22.4 Å². The Kier molecular flexibility index (Phi) is 6.83. The van der Waals surface area contributed by atoms with E-state index in [1.165, 1.54) is 17.3 Å². The van der Waals surface area contributed by atoms with Crippen LogP contribution in [0.4, 0.5) is 0 Å². The number of aryl methyl sites for hydroxylation is 1. The van der Waals surface area contributed by atoms with E-state index in [9.17, 15) is 4.79 Å². The van der Waals surface area contributed by atoms with E-state index >= 15 is 0 Å². The van der Waals surface area contributed by atoms with Crippen LogP contribution in [0.15, 0.2) is 63.7 Å². The van der Waals surface area contributed by atoms with Crippen LogP contribution in [0, 0.1) is 6.92 Å². The highest BCUT2D eigenvalue weighted by Crippen LogP contribution is 2.24. The summed E-state index contributed by atoms with van der Waals surface area (Å²) in [6, 6.07) is 12.1. The topological polar surface area (TPSA) is 77.1 Å². The molecule has 0 aliphatic carbocycles. The van der Waals surface area contributed by atoms with Gasteiger partial charge < -0.3 is 9.32 Å². The standard InChI is InChI=1S/C22H23N5O2S2/c1-3-10-26(14-19-24-25-21(29-19)18-8-5-12-30-18)20(28)15-31-22-23-9-11-27(22)17-7-4-6-16(2)13-17/h4-9,11-13H,3,10,14-15H2,1-2H3. The second kappa shape index (κ2) is 9.93. The van der Waals surface area contributed by atoms with Crippen molar-refractivity contribution in [3.05, 3.63) is 65.6 Å². The average Bonchev–Trinajstić information content (AvgIpc) is 3.53. The van der Waals surface area contributed by atoms with Crippen molar-refractivity contribution >= 4 is 29.0 Å². The highest BCUT2D eigenvalue weighted by atomic mass is 32.2. The lowest BCUT2D eigenvalue weighted by atomic mass is 10.2. The van der Waals surface area contributed by atoms with Gasteiger partial charge in [-0.05, 0) is 42.5 Å². The first-order valence-corrected chi connectivity index (χ1v) is 11.9. The van der Waals surface area contributed by atoms with Gasteiger partial charge in [-0.25, -0.2) is 4.98 Å². The molecule has 3 aromatic heterocycles. The number of carbonyl (C=O) groups excluding carboxylic acids is 1. The Morgan fingerprint density at radius 3 is 2.94 bits per heavy atom. The second-order valence-corrected chi connectivity index (χ2v) is 8.89. The molecule has 1 amide bonds. The highest BCUT2D eigenvalue weighted by Gasteiger charge is 2.19. The molecule has 4 aromatic rings. The number of carbonyl (C=O) groups is 1. The summed E-state index contributed by atoms with van der Waals surface area (Å²) in [6.45, 7) is 5.03. The van der Waals surface area contributed by atoms with Crippen molar-refractivity contribution in [2.45, 2.75) is 32.0 Å². The van der Waals surface area contributed by atoms with Crippen LogP contribution in [0.25, 0.3) is 16.5 Å². The fourth-order valence-corrected chi connectivity index (χ4v) is 4.65. The van der Waals surface area contributed by atoms with E-state index in [1.807, 2.05) is 47.3 Å². The molecule has 1 aromatic carbocycles. The Morgan fingerprint density at radius 2 is 2.16 bits per heavy atom. The number of imidazole rings is 1. The lowest BCUT2D eigenvalue weighted by Crippen LogP contribution is -2.32. The van der Waals surface area contributed by atoms with Crippen molar-refractivity contribution in [3.63, 3.8) is 0 Å². The zero-order valence-electron chi connectivity index (χ0n) is 17.4. The molecule has 0 unspecified atom stereocenters. The predicted octanol–water partition coefficient (Wildman–Crippen LogP) is 4.82. The largest absolute Gasteiger partial charge is 0.418 e. The molecule has 0 aliphatic heterocycles. The zero-order valence-corrected chi connectivity index (χ0v) is 19.0. The van der Waals surface area contributed by atoms with Crippen molar-refractivity contribution in [1.29, 1.82) is 0 Å². The summed E-state index contributed by atoms with van der Waals surface area (Å²) in [5.41, 5.74) is 2.21. The van der Waals surface area contributed by atoms with Crippen molar-refractivity contribution in [2.75, 3.05) is 12.3 Å².